The third-order valence-corrected chi connectivity index (χ3v) is 6.15. The van der Waals surface area contributed by atoms with Crippen molar-refractivity contribution < 1.29 is 14.3 Å². The number of amides is 2. The third-order valence-electron chi connectivity index (χ3n) is 6.15. The summed E-state index contributed by atoms with van der Waals surface area (Å²) in [6, 6.07) is 7.65. The summed E-state index contributed by atoms with van der Waals surface area (Å²) in [5.74, 6) is 0.0825. The van der Waals surface area contributed by atoms with Crippen LogP contribution in [0.5, 0.6) is 0 Å². The molecule has 6 heteroatoms. The van der Waals surface area contributed by atoms with Gasteiger partial charge in [-0.05, 0) is 62.9 Å². The van der Waals surface area contributed by atoms with Crippen LogP contribution in [0.1, 0.15) is 48.0 Å². The Balaban J connectivity index is 1.47. The Kier molecular flexibility index (Phi) is 6.27. The normalized spacial score (nSPS) is 23.8. The van der Waals surface area contributed by atoms with Gasteiger partial charge in [0.25, 0.3) is 5.91 Å². The summed E-state index contributed by atoms with van der Waals surface area (Å²) in [6.45, 7) is 6.27. The zero-order valence-electron chi connectivity index (χ0n) is 16.6. The van der Waals surface area contributed by atoms with E-state index in [0.717, 1.165) is 38.9 Å². The fraction of sp³-hybridized carbons (Fsp3) is 0.636. The molecule has 1 aromatic rings. The Hall–Kier alpha value is -1.92. The molecule has 0 bridgehead atoms. The van der Waals surface area contributed by atoms with Crippen molar-refractivity contribution in [2.75, 3.05) is 45.9 Å². The second-order valence-electron chi connectivity index (χ2n) is 8.13. The topological polar surface area (TPSA) is 53.1 Å². The van der Waals surface area contributed by atoms with Crippen LogP contribution in [0.25, 0.3) is 0 Å². The van der Waals surface area contributed by atoms with Crippen LogP contribution in [-0.2, 0) is 16.1 Å². The van der Waals surface area contributed by atoms with Crippen LogP contribution in [0.4, 0.5) is 0 Å². The van der Waals surface area contributed by atoms with Gasteiger partial charge in [0.2, 0.25) is 5.91 Å². The van der Waals surface area contributed by atoms with Crippen LogP contribution in [0.15, 0.2) is 24.3 Å². The molecule has 3 fully saturated rings. The van der Waals surface area contributed by atoms with Crippen LogP contribution in [0.2, 0.25) is 0 Å². The van der Waals surface area contributed by atoms with E-state index in [1.54, 1.807) is 0 Å². The summed E-state index contributed by atoms with van der Waals surface area (Å²) in [5, 5.41) is 0. The summed E-state index contributed by atoms with van der Waals surface area (Å²) >= 11 is 0. The molecule has 4 rings (SSSR count). The number of hydrogen-bond donors (Lipinski definition) is 0. The largest absolute Gasteiger partial charge is 0.378 e. The molecule has 0 N–H and O–H groups in total. The van der Waals surface area contributed by atoms with Crippen molar-refractivity contribution in [2.24, 2.45) is 0 Å². The van der Waals surface area contributed by atoms with Crippen molar-refractivity contribution >= 4 is 11.8 Å². The molecule has 1 atom stereocenters. The summed E-state index contributed by atoms with van der Waals surface area (Å²) in [4.78, 5) is 32.5. The van der Waals surface area contributed by atoms with E-state index in [4.69, 9.17) is 4.74 Å². The molecule has 2 amide bonds. The Labute approximate surface area is 167 Å². The van der Waals surface area contributed by atoms with Gasteiger partial charge in [0, 0.05) is 31.7 Å². The molecular weight excluding hydrogens is 354 g/mol. The highest BCUT2D eigenvalue weighted by molar-refractivity contribution is 5.97. The smallest absolute Gasteiger partial charge is 0.254 e. The first-order valence-electron chi connectivity index (χ1n) is 10.7. The van der Waals surface area contributed by atoms with E-state index in [9.17, 15) is 9.59 Å². The molecule has 6 nitrogen and oxygen atoms in total. The first-order chi connectivity index (χ1) is 13.7. The zero-order valence-corrected chi connectivity index (χ0v) is 16.6. The molecule has 0 radical (unpaired) electrons. The highest BCUT2D eigenvalue weighted by Crippen LogP contribution is 2.23. The lowest BCUT2D eigenvalue weighted by molar-refractivity contribution is -0.141. The lowest BCUT2D eigenvalue weighted by atomic mass is 9.98. The van der Waals surface area contributed by atoms with Crippen molar-refractivity contribution in [1.29, 1.82) is 0 Å². The third kappa shape index (κ3) is 4.39. The van der Waals surface area contributed by atoms with E-state index >= 15 is 0 Å². The molecule has 3 aliphatic rings. The van der Waals surface area contributed by atoms with Crippen molar-refractivity contribution in [1.82, 2.24) is 14.7 Å². The minimum absolute atomic E-state index is 0.00502. The Morgan fingerprint density at radius 3 is 2.50 bits per heavy atom. The van der Waals surface area contributed by atoms with E-state index < -0.39 is 0 Å². The summed E-state index contributed by atoms with van der Waals surface area (Å²) in [7, 11) is 0. The molecule has 0 saturated carbocycles. The van der Waals surface area contributed by atoms with Crippen LogP contribution >= 0.6 is 0 Å². The van der Waals surface area contributed by atoms with Crippen molar-refractivity contribution in [3.05, 3.63) is 35.4 Å². The summed E-state index contributed by atoms with van der Waals surface area (Å²) in [6.07, 6.45) is 5.25. The molecule has 152 valence electrons. The quantitative estimate of drug-likeness (QED) is 0.797. The average molecular weight is 386 g/mol. The lowest BCUT2D eigenvalue weighted by Gasteiger charge is -2.38. The number of ether oxygens (including phenoxy) is 1. The molecule has 0 aliphatic carbocycles. The van der Waals surface area contributed by atoms with Gasteiger partial charge < -0.3 is 14.5 Å². The molecule has 3 heterocycles. The summed E-state index contributed by atoms with van der Waals surface area (Å²) in [5.41, 5.74) is 1.89. The van der Waals surface area contributed by atoms with Gasteiger partial charge >= 0.3 is 0 Å². The Bertz CT molecular complexity index is 696. The van der Waals surface area contributed by atoms with E-state index in [0.29, 0.717) is 38.4 Å². The average Bonchev–Trinajstić information content (AvgIpc) is 3.26. The number of morpholine rings is 1. The fourth-order valence-electron chi connectivity index (χ4n) is 4.59. The van der Waals surface area contributed by atoms with E-state index in [2.05, 4.69) is 11.0 Å². The second kappa shape index (κ2) is 9.05. The number of rotatable bonds is 4. The first-order valence-corrected chi connectivity index (χ1v) is 10.7. The van der Waals surface area contributed by atoms with Gasteiger partial charge in [0.15, 0.2) is 0 Å². The maximum Gasteiger partial charge on any atom is 0.254 e. The number of benzene rings is 1. The van der Waals surface area contributed by atoms with Gasteiger partial charge in [0.1, 0.15) is 6.04 Å². The number of nitrogens with zero attached hydrogens (tertiary/aromatic N) is 3. The van der Waals surface area contributed by atoms with E-state index in [1.165, 1.54) is 18.4 Å². The maximum atomic E-state index is 13.3. The SMILES string of the molecule is O=C(C1CCCCN1C(=O)c1cccc(CN2CCCC2)c1)N1CCOCC1. The van der Waals surface area contributed by atoms with Crippen molar-refractivity contribution in [3.8, 4) is 0 Å². The predicted octanol–water partition coefficient (Wildman–Crippen LogP) is 2.14. The van der Waals surface area contributed by atoms with Gasteiger partial charge in [-0.2, -0.15) is 0 Å². The van der Waals surface area contributed by atoms with Crippen LogP contribution in [0, 0.1) is 0 Å². The number of piperidine rings is 1. The molecule has 0 aromatic heterocycles. The Morgan fingerprint density at radius 1 is 0.964 bits per heavy atom. The molecular formula is C22H31N3O3. The standard InChI is InChI=1S/C22H31N3O3/c26-21(19-7-5-6-18(16-19)17-23-9-3-4-10-23)25-11-2-1-8-20(25)22(27)24-12-14-28-15-13-24/h5-7,16,20H,1-4,8-15,17H2. The highest BCUT2D eigenvalue weighted by Gasteiger charge is 2.35. The predicted molar refractivity (Wildman–Crippen MR) is 107 cm³/mol. The maximum absolute atomic E-state index is 13.3. The molecule has 0 spiro atoms. The fourth-order valence-corrected chi connectivity index (χ4v) is 4.59. The second-order valence-corrected chi connectivity index (χ2v) is 8.13. The van der Waals surface area contributed by atoms with Gasteiger partial charge in [-0.3, -0.25) is 14.5 Å². The number of likely N-dealkylation sites (tertiary alicyclic amines) is 2. The van der Waals surface area contributed by atoms with Gasteiger partial charge in [-0.25, -0.2) is 0 Å². The van der Waals surface area contributed by atoms with Gasteiger partial charge in [-0.1, -0.05) is 12.1 Å². The molecule has 3 saturated heterocycles. The Morgan fingerprint density at radius 2 is 1.71 bits per heavy atom. The van der Waals surface area contributed by atoms with Crippen LogP contribution < -0.4 is 0 Å². The van der Waals surface area contributed by atoms with E-state index in [-0.39, 0.29) is 17.9 Å². The molecule has 28 heavy (non-hydrogen) atoms. The molecule has 1 unspecified atom stereocenters. The van der Waals surface area contributed by atoms with Crippen LogP contribution in [-0.4, -0.2) is 78.5 Å². The van der Waals surface area contributed by atoms with E-state index in [1.807, 2.05) is 28.0 Å². The first kappa shape index (κ1) is 19.4. The van der Waals surface area contributed by atoms with Crippen LogP contribution in [0.3, 0.4) is 0 Å². The highest BCUT2D eigenvalue weighted by atomic mass is 16.5. The van der Waals surface area contributed by atoms with Crippen molar-refractivity contribution in [2.45, 2.75) is 44.7 Å². The molecule has 1 aromatic carbocycles. The monoisotopic (exact) mass is 385 g/mol. The number of carbonyl (C=O) groups excluding carboxylic acids is 2. The van der Waals surface area contributed by atoms with Crippen molar-refractivity contribution in [3.63, 3.8) is 0 Å². The summed E-state index contributed by atoms with van der Waals surface area (Å²) < 4.78 is 5.37. The minimum Gasteiger partial charge on any atom is -0.378 e. The number of carbonyl (C=O) groups is 2. The van der Waals surface area contributed by atoms with Gasteiger partial charge in [0.05, 0.1) is 13.2 Å². The lowest BCUT2D eigenvalue weighted by Crippen LogP contribution is -2.55. The molecule has 3 aliphatic heterocycles. The number of hydrogen-bond acceptors (Lipinski definition) is 4. The van der Waals surface area contributed by atoms with Gasteiger partial charge in [-0.15, -0.1) is 0 Å². The zero-order chi connectivity index (χ0) is 19.3. The minimum atomic E-state index is -0.332.